The smallest absolute Gasteiger partial charge is 0.325 e. The van der Waals surface area contributed by atoms with Crippen molar-refractivity contribution in [2.24, 2.45) is 0 Å². The van der Waals surface area contributed by atoms with Gasteiger partial charge in [-0.2, -0.15) is 0 Å². The van der Waals surface area contributed by atoms with E-state index in [0.29, 0.717) is 33.6 Å². The molecule has 0 saturated carbocycles. The van der Waals surface area contributed by atoms with Crippen molar-refractivity contribution in [1.82, 2.24) is 10.5 Å². The van der Waals surface area contributed by atoms with Crippen LogP contribution in [0.5, 0.6) is 0 Å². The van der Waals surface area contributed by atoms with Crippen LogP contribution in [0.1, 0.15) is 44.7 Å². The maximum absolute atomic E-state index is 11.7. The van der Waals surface area contributed by atoms with Crippen molar-refractivity contribution >= 4 is 46.8 Å². The Morgan fingerprint density at radius 2 is 2.15 bits per heavy atom. The normalized spacial score (nSPS) is 13.8. The molecule has 1 rings (SSSR count). The Morgan fingerprint density at radius 1 is 1.45 bits per heavy atom. The SMILES string of the molecule is CCC(C=O)NOC(=O)CC(CC)c1nc(Cl)sc1Cl. The van der Waals surface area contributed by atoms with Crippen LogP contribution in [0, 0.1) is 0 Å². The van der Waals surface area contributed by atoms with E-state index in [2.05, 4.69) is 10.5 Å². The number of carbonyl (C=O) groups excluding carboxylic acids is 2. The first kappa shape index (κ1) is 17.4. The molecule has 0 aliphatic carbocycles. The Kier molecular flexibility index (Phi) is 7.43. The van der Waals surface area contributed by atoms with Crippen LogP contribution in [0.2, 0.25) is 8.80 Å². The van der Waals surface area contributed by atoms with Crippen LogP contribution < -0.4 is 5.48 Å². The quantitative estimate of drug-likeness (QED) is 0.581. The van der Waals surface area contributed by atoms with Crippen LogP contribution in [0.25, 0.3) is 0 Å². The monoisotopic (exact) mass is 338 g/mol. The fourth-order valence-corrected chi connectivity index (χ4v) is 3.03. The molecule has 0 bridgehead atoms. The van der Waals surface area contributed by atoms with Crippen molar-refractivity contribution in [3.8, 4) is 0 Å². The van der Waals surface area contributed by atoms with Crippen molar-refractivity contribution in [1.29, 1.82) is 0 Å². The van der Waals surface area contributed by atoms with Crippen molar-refractivity contribution in [2.75, 3.05) is 0 Å². The van der Waals surface area contributed by atoms with E-state index in [1.807, 2.05) is 13.8 Å². The van der Waals surface area contributed by atoms with Crippen molar-refractivity contribution in [3.63, 3.8) is 0 Å². The number of nitrogens with zero attached hydrogens (tertiary/aromatic N) is 1. The Morgan fingerprint density at radius 3 is 2.60 bits per heavy atom. The predicted octanol–water partition coefficient (Wildman–Crippen LogP) is 3.36. The minimum absolute atomic E-state index is 0.124. The number of hydrogen-bond acceptors (Lipinski definition) is 6. The number of halogens is 2. The zero-order valence-electron chi connectivity index (χ0n) is 11.2. The van der Waals surface area contributed by atoms with Gasteiger partial charge >= 0.3 is 5.97 Å². The molecule has 8 heteroatoms. The van der Waals surface area contributed by atoms with Gasteiger partial charge in [0.15, 0.2) is 4.47 Å². The van der Waals surface area contributed by atoms with Gasteiger partial charge in [-0.05, 0) is 12.8 Å². The molecule has 0 saturated heterocycles. The third-order valence-corrected chi connectivity index (χ3v) is 4.19. The predicted molar refractivity (Wildman–Crippen MR) is 79.2 cm³/mol. The fraction of sp³-hybridized carbons (Fsp3) is 0.583. The number of carbonyl (C=O) groups is 2. The summed E-state index contributed by atoms with van der Waals surface area (Å²) in [6.07, 6.45) is 2.04. The van der Waals surface area contributed by atoms with E-state index in [1.54, 1.807) is 0 Å². The minimum atomic E-state index is -0.490. The molecule has 2 unspecified atom stereocenters. The lowest BCUT2D eigenvalue weighted by Gasteiger charge is -2.14. The first-order valence-corrected chi connectivity index (χ1v) is 7.81. The molecule has 0 aromatic carbocycles. The van der Waals surface area contributed by atoms with Gasteiger partial charge in [-0.15, -0.1) is 5.48 Å². The average Bonchev–Trinajstić information content (AvgIpc) is 2.76. The van der Waals surface area contributed by atoms with Crippen LogP contribution in [0.3, 0.4) is 0 Å². The molecule has 0 amide bonds. The van der Waals surface area contributed by atoms with Crippen LogP contribution in [0.4, 0.5) is 0 Å². The fourth-order valence-electron chi connectivity index (χ4n) is 1.57. The summed E-state index contributed by atoms with van der Waals surface area (Å²) in [5, 5.41) is 0. The molecular weight excluding hydrogens is 323 g/mol. The van der Waals surface area contributed by atoms with Gasteiger partial charge in [-0.3, -0.25) is 4.79 Å². The maximum atomic E-state index is 11.7. The van der Waals surface area contributed by atoms with E-state index < -0.39 is 12.0 Å². The molecule has 1 N–H and O–H groups in total. The second-order valence-corrected chi connectivity index (χ2v) is 6.36. The summed E-state index contributed by atoms with van der Waals surface area (Å²) >= 11 is 13.0. The van der Waals surface area contributed by atoms with Gasteiger partial charge in [0.05, 0.1) is 18.2 Å². The Balaban J connectivity index is 2.58. The summed E-state index contributed by atoms with van der Waals surface area (Å²) in [7, 11) is 0. The van der Waals surface area contributed by atoms with Gasteiger partial charge < -0.3 is 9.63 Å². The Hall–Kier alpha value is -0.690. The van der Waals surface area contributed by atoms with Gasteiger partial charge in [0.1, 0.15) is 10.6 Å². The van der Waals surface area contributed by atoms with E-state index in [1.165, 1.54) is 11.3 Å². The van der Waals surface area contributed by atoms with Crippen LogP contribution >= 0.6 is 34.5 Å². The molecule has 2 atom stereocenters. The largest absolute Gasteiger partial charge is 0.370 e. The van der Waals surface area contributed by atoms with E-state index in [4.69, 9.17) is 28.0 Å². The Bertz CT molecular complexity index is 468. The second-order valence-electron chi connectivity index (χ2n) is 4.18. The third-order valence-electron chi connectivity index (χ3n) is 2.80. The number of aldehydes is 1. The van der Waals surface area contributed by atoms with Crippen molar-refractivity contribution in [3.05, 3.63) is 14.5 Å². The Labute approximate surface area is 131 Å². The number of nitrogens with one attached hydrogen (secondary N) is 1. The lowest BCUT2D eigenvalue weighted by Crippen LogP contribution is -2.32. The molecule has 1 aromatic heterocycles. The highest BCUT2D eigenvalue weighted by Gasteiger charge is 2.22. The number of thiazole rings is 1. The number of rotatable bonds is 8. The molecule has 0 aliphatic heterocycles. The summed E-state index contributed by atoms with van der Waals surface area (Å²) in [4.78, 5) is 31.3. The van der Waals surface area contributed by atoms with Crippen LogP contribution in [0.15, 0.2) is 0 Å². The maximum Gasteiger partial charge on any atom is 0.325 e. The topological polar surface area (TPSA) is 68.3 Å². The van der Waals surface area contributed by atoms with E-state index in [-0.39, 0.29) is 12.3 Å². The minimum Gasteiger partial charge on any atom is -0.370 e. The van der Waals surface area contributed by atoms with Crippen molar-refractivity contribution in [2.45, 2.75) is 45.1 Å². The molecule has 112 valence electrons. The zero-order chi connectivity index (χ0) is 15.1. The summed E-state index contributed by atoms with van der Waals surface area (Å²) in [5.41, 5.74) is 3.04. The standard InChI is InChI=1S/C12H16Cl2N2O3S/c1-3-7(10-11(13)20-12(14)15-10)5-9(18)19-16-8(4-2)6-17/h6-8,16H,3-5H2,1-2H3. The number of aromatic nitrogens is 1. The summed E-state index contributed by atoms with van der Waals surface area (Å²) in [6.45, 7) is 3.74. The molecule has 0 fully saturated rings. The molecule has 0 spiro atoms. The summed E-state index contributed by atoms with van der Waals surface area (Å²) in [6, 6.07) is -0.490. The molecule has 20 heavy (non-hydrogen) atoms. The van der Waals surface area contributed by atoms with E-state index >= 15 is 0 Å². The molecule has 1 heterocycles. The van der Waals surface area contributed by atoms with Gasteiger partial charge in [-0.1, -0.05) is 48.4 Å². The lowest BCUT2D eigenvalue weighted by molar-refractivity contribution is -0.153. The van der Waals surface area contributed by atoms with Crippen LogP contribution in [-0.4, -0.2) is 23.3 Å². The lowest BCUT2D eigenvalue weighted by atomic mass is 10.00. The number of hydroxylamine groups is 1. The van der Waals surface area contributed by atoms with Gasteiger partial charge in [0.2, 0.25) is 0 Å². The van der Waals surface area contributed by atoms with Gasteiger partial charge in [-0.25, -0.2) is 4.98 Å². The zero-order valence-corrected chi connectivity index (χ0v) is 13.5. The first-order chi connectivity index (χ1) is 9.51. The molecule has 1 aromatic rings. The van der Waals surface area contributed by atoms with E-state index in [9.17, 15) is 9.59 Å². The highest BCUT2D eigenvalue weighted by Crippen LogP contribution is 2.35. The second kappa shape index (κ2) is 8.56. The van der Waals surface area contributed by atoms with Crippen molar-refractivity contribution < 1.29 is 14.4 Å². The molecule has 5 nitrogen and oxygen atoms in total. The highest BCUT2D eigenvalue weighted by molar-refractivity contribution is 7.19. The average molecular weight is 339 g/mol. The first-order valence-electron chi connectivity index (χ1n) is 6.23. The molecule has 0 aliphatic rings. The van der Waals surface area contributed by atoms with Gasteiger partial charge in [0.25, 0.3) is 0 Å². The van der Waals surface area contributed by atoms with Crippen LogP contribution in [-0.2, 0) is 14.4 Å². The molecular formula is C12H16Cl2N2O3S. The molecule has 0 radical (unpaired) electrons. The number of hydrogen-bond donors (Lipinski definition) is 1. The highest BCUT2D eigenvalue weighted by atomic mass is 35.5. The van der Waals surface area contributed by atoms with E-state index in [0.717, 1.165) is 0 Å². The summed E-state index contributed by atoms with van der Waals surface area (Å²) < 4.78 is 0.837. The third kappa shape index (κ3) is 5.01. The summed E-state index contributed by atoms with van der Waals surface area (Å²) in [5.74, 6) is -0.616. The van der Waals surface area contributed by atoms with Gasteiger partial charge in [0, 0.05) is 5.92 Å².